The van der Waals surface area contributed by atoms with E-state index >= 15 is 0 Å². The lowest BCUT2D eigenvalue weighted by atomic mass is 9.96. The number of nitrogens with zero attached hydrogens (tertiary/aromatic N) is 1. The van der Waals surface area contributed by atoms with Gasteiger partial charge in [0.2, 0.25) is 0 Å². The van der Waals surface area contributed by atoms with Crippen LogP contribution in [0.4, 0.5) is 13.2 Å². The van der Waals surface area contributed by atoms with Crippen LogP contribution < -0.4 is 16.1 Å². The first kappa shape index (κ1) is 30.1. The van der Waals surface area contributed by atoms with E-state index in [-0.39, 0.29) is 5.91 Å². The monoisotopic (exact) mass is 550 g/mol. The summed E-state index contributed by atoms with van der Waals surface area (Å²) in [6.45, 7) is 4.68. The number of piperidine rings is 1. The van der Waals surface area contributed by atoms with Crippen molar-refractivity contribution in [3.8, 4) is 0 Å². The summed E-state index contributed by atoms with van der Waals surface area (Å²) in [7, 11) is 0. The van der Waals surface area contributed by atoms with Crippen LogP contribution in [0.25, 0.3) is 0 Å². The number of hydrogen-bond acceptors (Lipinski definition) is 6. The summed E-state index contributed by atoms with van der Waals surface area (Å²) in [6, 6.07) is 17.6. The molecule has 2 fully saturated rings. The molecule has 2 aromatic rings. The minimum atomic E-state index is -5.08. The van der Waals surface area contributed by atoms with Crippen molar-refractivity contribution in [1.29, 1.82) is 0 Å². The molecule has 1 aliphatic carbocycles. The van der Waals surface area contributed by atoms with Crippen LogP contribution >= 0.6 is 0 Å². The molecule has 5 N–H and O–H groups in total. The molecule has 212 valence electrons. The Morgan fingerprint density at radius 3 is 2.03 bits per heavy atom. The molecule has 0 aromatic heterocycles. The minimum absolute atomic E-state index is 0.155. The van der Waals surface area contributed by atoms with E-state index in [2.05, 4.69) is 45.9 Å². The standard InChI is InChI=1S/C25H32N4O3.C2HF3O2/c30-24(20-6-8-21(9-7-20)25(31)28-32)26-12-15-29-13-10-18(11-14-29)17-27-23-16-22(23)19-4-2-1-3-5-19;3-2(4,5)1(6)7/h1-9,18,22-23,27,32H,10-17H2,(H,26,30)(H,28,31);(H,6,7). The Morgan fingerprint density at radius 2 is 1.49 bits per heavy atom. The van der Waals surface area contributed by atoms with Crippen molar-refractivity contribution in [2.75, 3.05) is 32.7 Å². The third kappa shape index (κ3) is 9.65. The SMILES string of the molecule is O=C(NO)c1ccc(C(=O)NCCN2CCC(CNC3CC3c3ccccc3)CC2)cc1.O=C(O)C(F)(F)F. The lowest BCUT2D eigenvalue weighted by Crippen LogP contribution is -2.41. The molecule has 1 saturated heterocycles. The quantitative estimate of drug-likeness (QED) is 0.240. The number of carboxylic acid groups (broad SMARTS) is 1. The van der Waals surface area contributed by atoms with E-state index in [1.54, 1.807) is 17.6 Å². The zero-order valence-electron chi connectivity index (χ0n) is 21.3. The second-order valence-electron chi connectivity index (χ2n) is 9.63. The largest absolute Gasteiger partial charge is 0.490 e. The molecular formula is C27H33F3N4O5. The van der Waals surface area contributed by atoms with Gasteiger partial charge in [-0.3, -0.25) is 14.8 Å². The fourth-order valence-electron chi connectivity index (χ4n) is 4.49. The number of aliphatic carboxylic acids is 1. The molecule has 2 aliphatic rings. The summed E-state index contributed by atoms with van der Waals surface area (Å²) in [4.78, 5) is 34.9. The molecule has 2 atom stereocenters. The molecule has 0 radical (unpaired) electrons. The van der Waals surface area contributed by atoms with Gasteiger partial charge in [0.1, 0.15) is 0 Å². The van der Waals surface area contributed by atoms with E-state index in [0.29, 0.717) is 29.6 Å². The van der Waals surface area contributed by atoms with Crippen molar-refractivity contribution in [2.24, 2.45) is 5.92 Å². The van der Waals surface area contributed by atoms with Crippen LogP contribution in [0, 0.1) is 5.92 Å². The maximum Gasteiger partial charge on any atom is 0.490 e. The topological polar surface area (TPSA) is 131 Å². The molecule has 39 heavy (non-hydrogen) atoms. The van der Waals surface area contributed by atoms with Crippen LogP contribution in [0.1, 0.15) is 51.5 Å². The summed E-state index contributed by atoms with van der Waals surface area (Å²) >= 11 is 0. The third-order valence-corrected chi connectivity index (χ3v) is 6.86. The van der Waals surface area contributed by atoms with Crippen molar-refractivity contribution >= 4 is 17.8 Å². The normalized spacial score (nSPS) is 19.4. The molecule has 12 heteroatoms. The Balaban J connectivity index is 0.000000532. The molecule has 2 aromatic carbocycles. The van der Waals surface area contributed by atoms with Gasteiger partial charge in [0.25, 0.3) is 11.8 Å². The number of likely N-dealkylation sites (tertiary alicyclic amines) is 1. The number of halogens is 3. The Bertz CT molecular complexity index is 1090. The van der Waals surface area contributed by atoms with E-state index in [0.717, 1.165) is 32.1 Å². The first-order valence-electron chi connectivity index (χ1n) is 12.7. The van der Waals surface area contributed by atoms with Crippen molar-refractivity contribution in [2.45, 2.75) is 37.4 Å². The predicted molar refractivity (Wildman–Crippen MR) is 136 cm³/mol. The first-order valence-corrected chi connectivity index (χ1v) is 12.7. The highest BCUT2D eigenvalue weighted by Crippen LogP contribution is 2.40. The lowest BCUT2D eigenvalue weighted by molar-refractivity contribution is -0.192. The van der Waals surface area contributed by atoms with Crippen LogP contribution in [0.2, 0.25) is 0 Å². The highest BCUT2D eigenvalue weighted by Gasteiger charge is 2.39. The Labute approximate surface area is 224 Å². The van der Waals surface area contributed by atoms with E-state index in [9.17, 15) is 22.8 Å². The molecule has 9 nitrogen and oxygen atoms in total. The molecule has 1 saturated carbocycles. The number of benzene rings is 2. The maximum absolute atomic E-state index is 12.3. The van der Waals surface area contributed by atoms with Crippen molar-refractivity contribution < 1.29 is 37.9 Å². The summed E-state index contributed by atoms with van der Waals surface area (Å²) in [5.41, 5.74) is 3.83. The summed E-state index contributed by atoms with van der Waals surface area (Å²) in [6.07, 6.45) is -1.45. The zero-order chi connectivity index (χ0) is 28.4. The van der Waals surface area contributed by atoms with Gasteiger partial charge in [0.15, 0.2) is 0 Å². The summed E-state index contributed by atoms with van der Waals surface area (Å²) in [5.74, 6) is -2.09. The van der Waals surface area contributed by atoms with Gasteiger partial charge in [-0.05, 0) is 74.6 Å². The van der Waals surface area contributed by atoms with Crippen LogP contribution in [0.3, 0.4) is 0 Å². The third-order valence-electron chi connectivity index (χ3n) is 6.86. The van der Waals surface area contributed by atoms with Crippen molar-refractivity contribution in [1.82, 2.24) is 21.0 Å². The molecule has 0 bridgehead atoms. The van der Waals surface area contributed by atoms with E-state index < -0.39 is 18.1 Å². The van der Waals surface area contributed by atoms with Gasteiger partial charge < -0.3 is 20.6 Å². The van der Waals surface area contributed by atoms with Gasteiger partial charge in [0.05, 0.1) is 0 Å². The van der Waals surface area contributed by atoms with E-state index in [4.69, 9.17) is 15.1 Å². The van der Waals surface area contributed by atoms with Gasteiger partial charge in [-0.15, -0.1) is 0 Å². The molecular weight excluding hydrogens is 517 g/mol. The fraction of sp³-hybridized carbons (Fsp3) is 0.444. The second kappa shape index (κ2) is 14.1. The van der Waals surface area contributed by atoms with Crippen molar-refractivity contribution in [3.63, 3.8) is 0 Å². The average molecular weight is 551 g/mol. The number of alkyl halides is 3. The van der Waals surface area contributed by atoms with Gasteiger partial charge in [-0.25, -0.2) is 10.3 Å². The van der Waals surface area contributed by atoms with E-state index in [1.807, 2.05) is 0 Å². The number of carbonyl (C=O) groups is 3. The number of carbonyl (C=O) groups excluding carboxylic acids is 2. The molecule has 1 aliphatic heterocycles. The minimum Gasteiger partial charge on any atom is -0.475 e. The Hall–Kier alpha value is -3.48. The smallest absolute Gasteiger partial charge is 0.475 e. The molecule has 2 amide bonds. The number of nitrogens with one attached hydrogen (secondary N) is 3. The molecule has 2 unspecified atom stereocenters. The van der Waals surface area contributed by atoms with E-state index in [1.165, 1.54) is 37.0 Å². The molecule has 4 rings (SSSR count). The predicted octanol–water partition coefficient (Wildman–Crippen LogP) is 3.03. The second-order valence-corrected chi connectivity index (χ2v) is 9.63. The first-order chi connectivity index (χ1) is 18.6. The fourth-order valence-corrected chi connectivity index (χ4v) is 4.49. The van der Waals surface area contributed by atoms with Gasteiger partial charge in [0, 0.05) is 36.2 Å². The van der Waals surface area contributed by atoms with Gasteiger partial charge in [-0.2, -0.15) is 13.2 Å². The Kier molecular flexibility index (Phi) is 10.8. The number of rotatable bonds is 9. The summed E-state index contributed by atoms with van der Waals surface area (Å²) < 4.78 is 31.7. The number of carboxylic acids is 1. The Morgan fingerprint density at radius 1 is 0.923 bits per heavy atom. The number of amides is 2. The van der Waals surface area contributed by atoms with Gasteiger partial charge >= 0.3 is 12.1 Å². The highest BCUT2D eigenvalue weighted by atomic mass is 19.4. The average Bonchev–Trinajstić information content (AvgIpc) is 3.72. The zero-order valence-corrected chi connectivity index (χ0v) is 21.3. The summed E-state index contributed by atoms with van der Waals surface area (Å²) in [5, 5.41) is 22.5. The lowest BCUT2D eigenvalue weighted by Gasteiger charge is -2.32. The molecule has 0 spiro atoms. The molecule has 1 heterocycles. The number of hydrogen-bond donors (Lipinski definition) is 5. The number of hydroxylamine groups is 1. The van der Waals surface area contributed by atoms with Crippen LogP contribution in [-0.4, -0.2) is 77.9 Å². The van der Waals surface area contributed by atoms with Crippen molar-refractivity contribution in [3.05, 3.63) is 71.3 Å². The van der Waals surface area contributed by atoms with Crippen LogP contribution in [-0.2, 0) is 4.79 Å². The van der Waals surface area contributed by atoms with Gasteiger partial charge in [-0.1, -0.05) is 30.3 Å². The maximum atomic E-state index is 12.3. The van der Waals surface area contributed by atoms with Crippen LogP contribution in [0.15, 0.2) is 54.6 Å². The van der Waals surface area contributed by atoms with Crippen LogP contribution in [0.5, 0.6) is 0 Å². The highest BCUT2D eigenvalue weighted by molar-refractivity contribution is 5.97.